The van der Waals surface area contributed by atoms with E-state index in [0.29, 0.717) is 12.0 Å². The van der Waals surface area contributed by atoms with E-state index >= 15 is 0 Å². The van der Waals surface area contributed by atoms with Gasteiger partial charge in [-0.05, 0) is 12.1 Å². The second-order valence-electron chi connectivity index (χ2n) is 4.12. The number of halogens is 1. The van der Waals surface area contributed by atoms with Gasteiger partial charge in [-0.15, -0.1) is 0 Å². The van der Waals surface area contributed by atoms with Gasteiger partial charge >= 0.3 is 0 Å². The Morgan fingerprint density at radius 3 is 2.79 bits per heavy atom. The molecule has 0 aliphatic heterocycles. The van der Waals surface area contributed by atoms with E-state index in [4.69, 9.17) is 0 Å². The van der Waals surface area contributed by atoms with Crippen LogP contribution in [0, 0.1) is 0 Å². The fourth-order valence-corrected chi connectivity index (χ4v) is 2.70. The van der Waals surface area contributed by atoms with Crippen molar-refractivity contribution in [2.75, 3.05) is 0 Å². The number of hydrogen-bond donors (Lipinski definition) is 1. The number of rotatable bonds is 3. The summed E-state index contributed by atoms with van der Waals surface area (Å²) in [6, 6.07) is 9.62. The Morgan fingerprint density at radius 1 is 1.21 bits per heavy atom. The van der Waals surface area contributed by atoms with Crippen molar-refractivity contribution in [1.29, 1.82) is 0 Å². The molecule has 0 saturated carbocycles. The number of aromatic amines is 1. The Morgan fingerprint density at radius 2 is 2.00 bits per heavy atom. The van der Waals surface area contributed by atoms with Crippen molar-refractivity contribution in [3.8, 4) is 11.1 Å². The van der Waals surface area contributed by atoms with E-state index < -0.39 is 5.78 Å². The average Bonchev–Trinajstić information content (AvgIpc) is 3.01. The fourth-order valence-electron chi connectivity index (χ4n) is 2.21. The van der Waals surface area contributed by atoms with Gasteiger partial charge in [0.15, 0.2) is 6.29 Å². The van der Waals surface area contributed by atoms with Gasteiger partial charge in [-0.3, -0.25) is 13.2 Å². The molecule has 3 rings (SSSR count). The van der Waals surface area contributed by atoms with Crippen LogP contribution in [0.3, 0.4) is 0 Å². The Hall–Kier alpha value is -2.14. The predicted octanol–water partition coefficient (Wildman–Crippen LogP) is 3.18. The van der Waals surface area contributed by atoms with Crippen LogP contribution < -0.4 is 0 Å². The van der Waals surface area contributed by atoms with Crippen molar-refractivity contribution in [1.82, 2.24) is 8.58 Å². The third kappa shape index (κ3) is 1.82. The molecule has 0 aliphatic rings. The molecular weight excluding hydrogens is 308 g/mol. The minimum Gasteiger partial charge on any atom is -0.361 e. The summed E-state index contributed by atoms with van der Waals surface area (Å²) >= 11 is 3.23. The lowest BCUT2D eigenvalue weighted by atomic mass is 10.0. The summed E-state index contributed by atoms with van der Waals surface area (Å²) in [6.07, 6.45) is 3.87. The molecule has 0 bridgehead atoms. The van der Waals surface area contributed by atoms with Gasteiger partial charge in [0.1, 0.15) is 5.69 Å². The molecule has 2 heterocycles. The lowest BCUT2D eigenvalue weighted by Crippen LogP contribution is -2.05. The lowest BCUT2D eigenvalue weighted by molar-refractivity contribution is -0.104. The highest BCUT2D eigenvalue weighted by Gasteiger charge is 2.18. The maximum Gasteiger partial charge on any atom is 0.243 e. The van der Waals surface area contributed by atoms with Crippen LogP contribution in [-0.2, 0) is 4.79 Å². The molecule has 0 atom stereocenters. The predicted molar refractivity (Wildman–Crippen MR) is 76.4 cm³/mol. The Kier molecular flexibility index (Phi) is 2.83. The number of benzene rings is 1. The number of nitrogens with zero attached hydrogens (tertiary/aromatic N) is 1. The zero-order chi connectivity index (χ0) is 13.4. The molecule has 0 aliphatic carbocycles. The van der Waals surface area contributed by atoms with Gasteiger partial charge < -0.3 is 4.98 Å². The zero-order valence-electron chi connectivity index (χ0n) is 9.76. The highest BCUT2D eigenvalue weighted by atomic mass is 79.9. The van der Waals surface area contributed by atoms with Crippen molar-refractivity contribution in [3.63, 3.8) is 0 Å². The van der Waals surface area contributed by atoms with Gasteiger partial charge in [-0.1, -0.05) is 18.2 Å². The number of carbonyl (C=O) groups excluding carboxylic acids is 2. The number of nitrogens with one attached hydrogen (secondary N) is 1. The Balaban J connectivity index is 2.28. The largest absolute Gasteiger partial charge is 0.361 e. The van der Waals surface area contributed by atoms with Crippen LogP contribution >= 0.6 is 16.1 Å². The summed E-state index contributed by atoms with van der Waals surface area (Å²) in [5.41, 5.74) is 2.95. The number of H-pyrrole nitrogens is 1. The number of para-hydroxylation sites is 1. The first-order chi connectivity index (χ1) is 9.22. The highest BCUT2D eigenvalue weighted by Crippen LogP contribution is 2.32. The summed E-state index contributed by atoms with van der Waals surface area (Å²) in [6.45, 7) is 0. The maximum atomic E-state index is 11.7. The summed E-state index contributed by atoms with van der Waals surface area (Å²) in [4.78, 5) is 25.6. The number of hydrogen-bond acceptors (Lipinski definition) is 2. The van der Waals surface area contributed by atoms with Crippen LogP contribution in [0.1, 0.15) is 10.5 Å². The van der Waals surface area contributed by atoms with E-state index in [1.54, 1.807) is 12.3 Å². The number of ketones is 1. The molecule has 1 N–H and O–H groups in total. The number of aldehydes is 1. The smallest absolute Gasteiger partial charge is 0.243 e. The molecule has 94 valence electrons. The average molecular weight is 317 g/mol. The first-order valence-corrected chi connectivity index (χ1v) is 6.37. The van der Waals surface area contributed by atoms with Gasteiger partial charge in [0.05, 0.1) is 16.1 Å². The van der Waals surface area contributed by atoms with Gasteiger partial charge in [-0.25, -0.2) is 0 Å². The van der Waals surface area contributed by atoms with E-state index in [1.807, 2.05) is 30.5 Å². The number of Topliss-reactive ketones (excluding diaryl/α,β-unsaturated/α-hetero) is 1. The first kappa shape index (κ1) is 11.9. The van der Waals surface area contributed by atoms with Crippen LogP contribution in [0.2, 0.25) is 0 Å². The van der Waals surface area contributed by atoms with Crippen molar-refractivity contribution >= 4 is 39.1 Å². The third-order valence-corrected chi connectivity index (χ3v) is 3.65. The van der Waals surface area contributed by atoms with Crippen molar-refractivity contribution in [2.45, 2.75) is 0 Å². The Bertz CT molecular complexity index is 786. The minimum absolute atomic E-state index is 0.325. The summed E-state index contributed by atoms with van der Waals surface area (Å²) in [5, 5.41) is 1.01. The highest BCUT2D eigenvalue weighted by molar-refractivity contribution is 9.08. The lowest BCUT2D eigenvalue weighted by Gasteiger charge is -2.01. The zero-order valence-corrected chi connectivity index (χ0v) is 11.3. The second kappa shape index (κ2) is 4.51. The number of fused-ring (bicyclic) bond motifs is 1. The second-order valence-corrected chi connectivity index (χ2v) is 4.88. The van der Waals surface area contributed by atoms with Gasteiger partial charge in [0, 0.05) is 34.4 Å². The standard InChI is InChI=1S/C14H9BrN2O2/c15-17-6-5-10(14(17)13(19)8-18)11-7-16-12-4-2-1-3-9(11)12/h1-8,16H. The summed E-state index contributed by atoms with van der Waals surface area (Å²) < 4.78 is 1.49. The van der Waals surface area contributed by atoms with Crippen LogP contribution in [0.15, 0.2) is 42.7 Å². The molecule has 2 aromatic heterocycles. The van der Waals surface area contributed by atoms with Crippen LogP contribution in [0.25, 0.3) is 22.0 Å². The molecule has 1 aromatic carbocycles. The van der Waals surface area contributed by atoms with E-state index in [1.165, 1.54) is 3.59 Å². The molecule has 19 heavy (non-hydrogen) atoms. The van der Waals surface area contributed by atoms with E-state index in [0.717, 1.165) is 22.0 Å². The fraction of sp³-hybridized carbons (Fsp3) is 0. The van der Waals surface area contributed by atoms with E-state index in [-0.39, 0.29) is 0 Å². The van der Waals surface area contributed by atoms with Crippen molar-refractivity contribution in [2.24, 2.45) is 0 Å². The number of carbonyl (C=O) groups is 2. The van der Waals surface area contributed by atoms with Gasteiger partial charge in [0.2, 0.25) is 5.78 Å². The SMILES string of the molecule is O=CC(=O)c1c(-c2c[nH]c3ccccc23)ccn1Br. The van der Waals surface area contributed by atoms with Crippen molar-refractivity contribution in [3.05, 3.63) is 48.4 Å². The minimum atomic E-state index is -0.554. The van der Waals surface area contributed by atoms with E-state index in [9.17, 15) is 9.59 Å². The summed E-state index contributed by atoms with van der Waals surface area (Å²) in [5.74, 6) is -0.554. The van der Waals surface area contributed by atoms with Crippen LogP contribution in [-0.4, -0.2) is 20.6 Å². The third-order valence-electron chi connectivity index (χ3n) is 3.06. The molecular formula is C14H9BrN2O2. The molecule has 0 saturated heterocycles. The summed E-state index contributed by atoms with van der Waals surface area (Å²) in [7, 11) is 0. The van der Waals surface area contributed by atoms with Crippen LogP contribution in [0.5, 0.6) is 0 Å². The monoisotopic (exact) mass is 316 g/mol. The quantitative estimate of drug-likeness (QED) is 0.458. The maximum absolute atomic E-state index is 11.7. The molecule has 0 spiro atoms. The molecule has 3 aromatic rings. The van der Waals surface area contributed by atoms with Crippen LogP contribution in [0.4, 0.5) is 0 Å². The topological polar surface area (TPSA) is 54.9 Å². The molecule has 5 heteroatoms. The number of aromatic nitrogens is 2. The van der Waals surface area contributed by atoms with Gasteiger partial charge in [0.25, 0.3) is 0 Å². The normalized spacial score (nSPS) is 10.8. The molecule has 4 nitrogen and oxygen atoms in total. The molecule has 0 amide bonds. The molecule has 0 unspecified atom stereocenters. The van der Waals surface area contributed by atoms with Crippen molar-refractivity contribution < 1.29 is 9.59 Å². The Labute approximate surface area is 117 Å². The van der Waals surface area contributed by atoms with Gasteiger partial charge in [-0.2, -0.15) is 0 Å². The first-order valence-electron chi connectivity index (χ1n) is 5.66. The molecule has 0 fully saturated rings. The van der Waals surface area contributed by atoms with E-state index in [2.05, 4.69) is 21.1 Å². The molecule has 0 radical (unpaired) electrons.